The van der Waals surface area contributed by atoms with Gasteiger partial charge in [0.05, 0.1) is 0 Å². The minimum Gasteiger partial charge on any atom is -0.322 e. The van der Waals surface area contributed by atoms with E-state index in [1.54, 1.807) is 6.08 Å². The van der Waals surface area contributed by atoms with Gasteiger partial charge in [-0.15, -0.1) is 13.2 Å². The molecule has 0 bridgehead atoms. The molecule has 0 saturated heterocycles. The molecule has 0 rings (SSSR count). The Morgan fingerprint density at radius 1 is 1.18 bits per heavy atom. The van der Waals surface area contributed by atoms with Crippen molar-refractivity contribution in [1.82, 2.24) is 0 Å². The van der Waals surface area contributed by atoms with Crippen LogP contribution in [0.5, 0.6) is 0 Å². The highest BCUT2D eigenvalue weighted by Crippen LogP contribution is 2.27. The quantitative estimate of drug-likeness (QED) is 0.617. The van der Waals surface area contributed by atoms with Gasteiger partial charge in [-0.25, -0.2) is 0 Å². The molecular weight excluding hydrogens is 134 g/mol. The standard InChI is InChI=1S/C10H19N/c1-6-9(3,4)8-10(5,11)7-2/h6-7H,1-2,8,11H2,3-5H3. The number of hydrogen-bond donors (Lipinski definition) is 1. The minimum atomic E-state index is -0.280. The normalized spacial score (nSPS) is 17.1. The third-order valence-corrected chi connectivity index (χ3v) is 1.86. The molecule has 0 aromatic carbocycles. The van der Waals surface area contributed by atoms with Crippen molar-refractivity contribution in [3.8, 4) is 0 Å². The van der Waals surface area contributed by atoms with Crippen LogP contribution in [0.25, 0.3) is 0 Å². The largest absolute Gasteiger partial charge is 0.322 e. The summed E-state index contributed by atoms with van der Waals surface area (Å²) < 4.78 is 0. The lowest BCUT2D eigenvalue weighted by molar-refractivity contribution is 0.350. The van der Waals surface area contributed by atoms with Crippen molar-refractivity contribution < 1.29 is 0 Å². The summed E-state index contributed by atoms with van der Waals surface area (Å²) in [5.41, 5.74) is 5.73. The first-order valence-electron chi connectivity index (χ1n) is 3.89. The molecular formula is C10H19N. The molecule has 0 aliphatic carbocycles. The maximum absolute atomic E-state index is 5.91. The molecule has 0 amide bonds. The van der Waals surface area contributed by atoms with E-state index in [9.17, 15) is 0 Å². The van der Waals surface area contributed by atoms with Crippen molar-refractivity contribution in [2.24, 2.45) is 11.1 Å². The first kappa shape index (κ1) is 10.4. The van der Waals surface area contributed by atoms with E-state index < -0.39 is 0 Å². The highest BCUT2D eigenvalue weighted by atomic mass is 14.7. The van der Waals surface area contributed by atoms with Gasteiger partial charge in [-0.05, 0) is 18.8 Å². The van der Waals surface area contributed by atoms with E-state index in [1.165, 1.54) is 0 Å². The number of hydrogen-bond acceptors (Lipinski definition) is 1. The summed E-state index contributed by atoms with van der Waals surface area (Å²) in [6, 6.07) is 0. The number of rotatable bonds is 4. The second-order valence-corrected chi connectivity index (χ2v) is 4.08. The lowest BCUT2D eigenvalue weighted by atomic mass is 9.80. The van der Waals surface area contributed by atoms with Crippen LogP contribution in [0.4, 0.5) is 0 Å². The van der Waals surface area contributed by atoms with Crippen molar-refractivity contribution in [1.29, 1.82) is 0 Å². The van der Waals surface area contributed by atoms with Gasteiger partial charge in [-0.2, -0.15) is 0 Å². The molecule has 0 aliphatic rings. The van der Waals surface area contributed by atoms with E-state index in [0.29, 0.717) is 0 Å². The maximum atomic E-state index is 5.91. The SMILES string of the molecule is C=CC(C)(C)CC(C)(N)C=C. The second-order valence-electron chi connectivity index (χ2n) is 4.08. The zero-order valence-electron chi connectivity index (χ0n) is 7.85. The Kier molecular flexibility index (Phi) is 3.06. The van der Waals surface area contributed by atoms with Crippen LogP contribution in [0.3, 0.4) is 0 Å². The Labute approximate surface area is 70.0 Å². The molecule has 0 saturated carbocycles. The fourth-order valence-electron chi connectivity index (χ4n) is 1.13. The predicted molar refractivity (Wildman–Crippen MR) is 51.4 cm³/mol. The van der Waals surface area contributed by atoms with E-state index in [0.717, 1.165) is 6.42 Å². The van der Waals surface area contributed by atoms with E-state index in [4.69, 9.17) is 5.73 Å². The van der Waals surface area contributed by atoms with E-state index in [2.05, 4.69) is 27.0 Å². The van der Waals surface area contributed by atoms with Gasteiger partial charge in [0.15, 0.2) is 0 Å². The summed E-state index contributed by atoms with van der Waals surface area (Å²) in [7, 11) is 0. The Morgan fingerprint density at radius 3 is 1.91 bits per heavy atom. The molecule has 0 spiro atoms. The van der Waals surface area contributed by atoms with Crippen LogP contribution in [0.1, 0.15) is 27.2 Å². The van der Waals surface area contributed by atoms with Crippen LogP contribution in [0.15, 0.2) is 25.3 Å². The fraction of sp³-hybridized carbons (Fsp3) is 0.600. The average molecular weight is 153 g/mol. The Bertz CT molecular complexity index is 136. The fourth-order valence-corrected chi connectivity index (χ4v) is 1.13. The zero-order chi connectivity index (χ0) is 9.12. The van der Waals surface area contributed by atoms with Crippen LogP contribution < -0.4 is 5.73 Å². The highest BCUT2D eigenvalue weighted by molar-refractivity contribution is 5.03. The monoisotopic (exact) mass is 153 g/mol. The van der Waals surface area contributed by atoms with Gasteiger partial charge in [0.2, 0.25) is 0 Å². The summed E-state index contributed by atoms with van der Waals surface area (Å²) in [4.78, 5) is 0. The molecule has 0 radical (unpaired) electrons. The molecule has 64 valence electrons. The average Bonchev–Trinajstić information content (AvgIpc) is 1.86. The van der Waals surface area contributed by atoms with E-state index in [1.807, 2.05) is 13.0 Å². The molecule has 0 aromatic heterocycles. The lowest BCUT2D eigenvalue weighted by Crippen LogP contribution is -2.37. The molecule has 11 heavy (non-hydrogen) atoms. The van der Waals surface area contributed by atoms with Gasteiger partial charge in [0.25, 0.3) is 0 Å². The number of nitrogens with two attached hydrogens (primary N) is 1. The van der Waals surface area contributed by atoms with Crippen LogP contribution >= 0.6 is 0 Å². The molecule has 0 heterocycles. The summed E-state index contributed by atoms with van der Waals surface area (Å²) in [6.45, 7) is 13.7. The van der Waals surface area contributed by atoms with Crippen molar-refractivity contribution in [2.75, 3.05) is 0 Å². The molecule has 1 nitrogen and oxygen atoms in total. The van der Waals surface area contributed by atoms with Gasteiger partial charge in [-0.3, -0.25) is 0 Å². The van der Waals surface area contributed by atoms with Crippen molar-refractivity contribution in [2.45, 2.75) is 32.7 Å². The van der Waals surface area contributed by atoms with Gasteiger partial charge >= 0.3 is 0 Å². The van der Waals surface area contributed by atoms with Crippen molar-refractivity contribution in [3.63, 3.8) is 0 Å². The van der Waals surface area contributed by atoms with Gasteiger partial charge < -0.3 is 5.73 Å². The summed E-state index contributed by atoms with van der Waals surface area (Å²) in [6.07, 6.45) is 4.60. The molecule has 1 heteroatoms. The van der Waals surface area contributed by atoms with Crippen LogP contribution in [0, 0.1) is 5.41 Å². The maximum Gasteiger partial charge on any atom is 0.0315 e. The minimum absolute atomic E-state index is 0.0949. The Hall–Kier alpha value is -0.560. The van der Waals surface area contributed by atoms with Crippen molar-refractivity contribution in [3.05, 3.63) is 25.3 Å². The van der Waals surface area contributed by atoms with Crippen LogP contribution in [-0.4, -0.2) is 5.54 Å². The summed E-state index contributed by atoms with van der Waals surface area (Å²) >= 11 is 0. The highest BCUT2D eigenvalue weighted by Gasteiger charge is 2.23. The van der Waals surface area contributed by atoms with Crippen molar-refractivity contribution >= 4 is 0 Å². The molecule has 0 fully saturated rings. The number of allylic oxidation sites excluding steroid dienone is 1. The third-order valence-electron chi connectivity index (χ3n) is 1.86. The topological polar surface area (TPSA) is 26.0 Å². The second kappa shape index (κ2) is 3.22. The third kappa shape index (κ3) is 3.99. The Morgan fingerprint density at radius 2 is 1.64 bits per heavy atom. The molecule has 2 N–H and O–H groups in total. The van der Waals surface area contributed by atoms with Crippen LogP contribution in [-0.2, 0) is 0 Å². The van der Waals surface area contributed by atoms with Gasteiger partial charge in [0.1, 0.15) is 0 Å². The molecule has 0 aromatic rings. The smallest absolute Gasteiger partial charge is 0.0315 e. The Balaban J connectivity index is 4.23. The lowest BCUT2D eigenvalue weighted by Gasteiger charge is -2.29. The summed E-state index contributed by atoms with van der Waals surface area (Å²) in [5, 5.41) is 0. The van der Waals surface area contributed by atoms with Gasteiger partial charge in [-0.1, -0.05) is 26.0 Å². The first-order chi connectivity index (χ1) is 4.83. The molecule has 1 atom stereocenters. The molecule has 1 unspecified atom stereocenters. The van der Waals surface area contributed by atoms with E-state index in [-0.39, 0.29) is 11.0 Å². The predicted octanol–water partition coefficient (Wildman–Crippen LogP) is 2.49. The summed E-state index contributed by atoms with van der Waals surface area (Å²) in [5.74, 6) is 0. The van der Waals surface area contributed by atoms with Crippen LogP contribution in [0.2, 0.25) is 0 Å². The first-order valence-corrected chi connectivity index (χ1v) is 3.89. The zero-order valence-corrected chi connectivity index (χ0v) is 7.85. The molecule has 0 aliphatic heterocycles. The van der Waals surface area contributed by atoms with E-state index >= 15 is 0 Å². The van der Waals surface area contributed by atoms with Gasteiger partial charge in [0, 0.05) is 5.54 Å².